The van der Waals surface area contributed by atoms with E-state index in [0.717, 1.165) is 16.9 Å². The fourth-order valence-electron chi connectivity index (χ4n) is 3.13. The van der Waals surface area contributed by atoms with Gasteiger partial charge in [0.25, 0.3) is 0 Å². The highest BCUT2D eigenvalue weighted by Crippen LogP contribution is 2.31. The molecule has 1 nitrogen and oxygen atoms in total. The zero-order valence-electron chi connectivity index (χ0n) is 12.4. The lowest BCUT2D eigenvalue weighted by atomic mass is 9.89. The molecule has 0 amide bonds. The van der Waals surface area contributed by atoms with Crippen molar-refractivity contribution in [2.24, 2.45) is 11.8 Å². The molecule has 0 aromatic heterocycles. The number of halogens is 1. The van der Waals surface area contributed by atoms with Gasteiger partial charge in [0.1, 0.15) is 0 Å². The van der Waals surface area contributed by atoms with Crippen LogP contribution in [0.5, 0.6) is 0 Å². The minimum atomic E-state index is 0.612. The molecule has 19 heavy (non-hydrogen) atoms. The molecule has 1 N–H and O–H groups in total. The van der Waals surface area contributed by atoms with Crippen molar-refractivity contribution in [3.63, 3.8) is 0 Å². The maximum Gasteiger partial charge on any atom is 0.0455 e. The van der Waals surface area contributed by atoms with Gasteiger partial charge >= 0.3 is 0 Å². The van der Waals surface area contributed by atoms with E-state index in [9.17, 15) is 0 Å². The van der Waals surface area contributed by atoms with Gasteiger partial charge in [-0.1, -0.05) is 44.4 Å². The predicted octanol–water partition coefficient (Wildman–Crippen LogP) is 5.67. The Balaban J connectivity index is 1.98. The summed E-state index contributed by atoms with van der Waals surface area (Å²) in [5, 5.41) is 4.56. The molecule has 1 saturated carbocycles. The van der Waals surface area contributed by atoms with Crippen molar-refractivity contribution in [1.82, 2.24) is 0 Å². The number of hydrogen-bond acceptors (Lipinski definition) is 1. The van der Waals surface area contributed by atoms with Crippen molar-refractivity contribution in [3.05, 3.63) is 28.8 Å². The molecular formula is C17H26ClN. The average Bonchev–Trinajstić information content (AvgIpc) is 2.60. The molecule has 0 aliphatic heterocycles. The number of rotatable bonds is 3. The second kappa shape index (κ2) is 6.65. The summed E-state index contributed by atoms with van der Waals surface area (Å²) in [5.74, 6) is 1.74. The van der Waals surface area contributed by atoms with Gasteiger partial charge in [-0.3, -0.25) is 0 Å². The first-order valence-corrected chi connectivity index (χ1v) is 7.97. The fourth-order valence-corrected chi connectivity index (χ4v) is 3.30. The fraction of sp³-hybridized carbons (Fsp3) is 0.647. The molecule has 1 fully saturated rings. The van der Waals surface area contributed by atoms with Crippen LogP contribution in [0.1, 0.15) is 51.5 Å². The van der Waals surface area contributed by atoms with Crippen LogP contribution in [0.2, 0.25) is 5.02 Å². The normalized spacial score (nSPS) is 24.3. The summed E-state index contributed by atoms with van der Waals surface area (Å²) >= 11 is 6.19. The van der Waals surface area contributed by atoms with Gasteiger partial charge in [-0.05, 0) is 55.7 Å². The highest BCUT2D eigenvalue weighted by atomic mass is 35.5. The van der Waals surface area contributed by atoms with Gasteiger partial charge in [-0.2, -0.15) is 0 Å². The van der Waals surface area contributed by atoms with Crippen LogP contribution in [0, 0.1) is 18.8 Å². The summed E-state index contributed by atoms with van der Waals surface area (Å²) < 4.78 is 0. The lowest BCUT2D eigenvalue weighted by Gasteiger charge is -2.21. The largest absolute Gasteiger partial charge is 0.382 e. The van der Waals surface area contributed by atoms with Crippen molar-refractivity contribution >= 4 is 17.3 Å². The third-order valence-electron chi connectivity index (χ3n) is 4.58. The molecule has 2 heteroatoms. The van der Waals surface area contributed by atoms with Crippen LogP contribution in [0.3, 0.4) is 0 Å². The van der Waals surface area contributed by atoms with E-state index in [4.69, 9.17) is 11.6 Å². The van der Waals surface area contributed by atoms with Gasteiger partial charge in [0.15, 0.2) is 0 Å². The van der Waals surface area contributed by atoms with E-state index < -0.39 is 0 Å². The van der Waals surface area contributed by atoms with Gasteiger partial charge in [-0.15, -0.1) is 0 Å². The van der Waals surface area contributed by atoms with Crippen LogP contribution in [0.25, 0.3) is 0 Å². The Bertz CT molecular complexity index is 414. The minimum absolute atomic E-state index is 0.612. The maximum atomic E-state index is 6.19. The molecule has 1 aliphatic carbocycles. The maximum absolute atomic E-state index is 6.19. The smallest absolute Gasteiger partial charge is 0.0455 e. The van der Waals surface area contributed by atoms with Gasteiger partial charge in [0, 0.05) is 16.8 Å². The van der Waals surface area contributed by atoms with Gasteiger partial charge in [-0.25, -0.2) is 0 Å². The van der Waals surface area contributed by atoms with Gasteiger partial charge in [0.05, 0.1) is 0 Å². The Morgan fingerprint density at radius 1 is 1.16 bits per heavy atom. The Kier molecular flexibility index (Phi) is 5.15. The predicted molar refractivity (Wildman–Crippen MR) is 85.0 cm³/mol. The molecule has 1 aliphatic rings. The second-order valence-corrected chi connectivity index (χ2v) is 6.67. The lowest BCUT2D eigenvalue weighted by Crippen LogP contribution is -2.19. The van der Waals surface area contributed by atoms with Gasteiger partial charge in [0.2, 0.25) is 0 Å². The summed E-state index contributed by atoms with van der Waals surface area (Å²) in [6.45, 7) is 6.82. The van der Waals surface area contributed by atoms with Crippen molar-refractivity contribution in [2.45, 2.75) is 58.9 Å². The molecule has 2 atom stereocenters. The zero-order valence-corrected chi connectivity index (χ0v) is 13.1. The van der Waals surface area contributed by atoms with Crippen LogP contribution in [0.4, 0.5) is 5.69 Å². The first kappa shape index (κ1) is 14.7. The van der Waals surface area contributed by atoms with E-state index in [1.54, 1.807) is 0 Å². The quantitative estimate of drug-likeness (QED) is 0.704. The van der Waals surface area contributed by atoms with Crippen LogP contribution in [-0.2, 0) is 0 Å². The van der Waals surface area contributed by atoms with E-state index in [1.807, 2.05) is 12.1 Å². The first-order chi connectivity index (χ1) is 9.08. The summed E-state index contributed by atoms with van der Waals surface area (Å²) in [7, 11) is 0. The molecular weight excluding hydrogens is 254 g/mol. The molecule has 106 valence electrons. The third kappa shape index (κ3) is 3.89. The summed E-state index contributed by atoms with van der Waals surface area (Å²) in [6, 6.07) is 6.75. The Morgan fingerprint density at radius 2 is 1.95 bits per heavy atom. The molecule has 0 spiro atoms. The van der Waals surface area contributed by atoms with Crippen molar-refractivity contribution in [1.29, 1.82) is 0 Å². The summed E-state index contributed by atoms with van der Waals surface area (Å²) in [5.41, 5.74) is 2.38. The molecule has 2 unspecified atom stereocenters. The van der Waals surface area contributed by atoms with Crippen molar-refractivity contribution in [2.75, 3.05) is 5.32 Å². The number of anilines is 1. The van der Waals surface area contributed by atoms with E-state index >= 15 is 0 Å². The first-order valence-electron chi connectivity index (χ1n) is 7.59. The van der Waals surface area contributed by atoms with E-state index in [0.29, 0.717) is 6.04 Å². The topological polar surface area (TPSA) is 12.0 Å². The monoisotopic (exact) mass is 279 g/mol. The molecule has 0 saturated heterocycles. The lowest BCUT2D eigenvalue weighted by molar-refractivity contribution is 0.341. The Morgan fingerprint density at radius 3 is 2.68 bits per heavy atom. The number of nitrogens with one attached hydrogen (secondary N) is 1. The van der Waals surface area contributed by atoms with Crippen LogP contribution in [0.15, 0.2) is 18.2 Å². The van der Waals surface area contributed by atoms with E-state index in [-0.39, 0.29) is 0 Å². The zero-order chi connectivity index (χ0) is 13.8. The second-order valence-electron chi connectivity index (χ2n) is 6.27. The molecule has 1 aromatic rings. The SMILES string of the molecule is Cc1c(Cl)cccc1NC1CCCC(C(C)C)CC1. The minimum Gasteiger partial charge on any atom is -0.382 e. The molecule has 1 aromatic carbocycles. The van der Waals surface area contributed by atoms with Crippen LogP contribution >= 0.6 is 11.6 Å². The van der Waals surface area contributed by atoms with E-state index in [1.165, 1.54) is 43.4 Å². The Hall–Kier alpha value is -0.690. The molecule has 0 bridgehead atoms. The summed E-state index contributed by atoms with van der Waals surface area (Å²) in [4.78, 5) is 0. The van der Waals surface area contributed by atoms with E-state index in [2.05, 4.69) is 32.2 Å². The standard InChI is InChI=1S/C17H26ClN/c1-12(2)14-6-4-7-15(11-10-14)19-17-9-5-8-16(18)13(17)3/h5,8-9,12,14-15,19H,4,6-7,10-11H2,1-3H3. The molecule has 0 radical (unpaired) electrons. The van der Waals surface area contributed by atoms with Gasteiger partial charge < -0.3 is 5.32 Å². The van der Waals surface area contributed by atoms with Crippen LogP contribution < -0.4 is 5.32 Å². The highest BCUT2D eigenvalue weighted by molar-refractivity contribution is 6.31. The summed E-state index contributed by atoms with van der Waals surface area (Å²) in [6.07, 6.45) is 6.67. The van der Waals surface area contributed by atoms with Crippen LogP contribution in [-0.4, -0.2) is 6.04 Å². The van der Waals surface area contributed by atoms with Crippen molar-refractivity contribution < 1.29 is 0 Å². The third-order valence-corrected chi connectivity index (χ3v) is 4.99. The average molecular weight is 280 g/mol. The Labute approximate surface area is 122 Å². The highest BCUT2D eigenvalue weighted by Gasteiger charge is 2.21. The van der Waals surface area contributed by atoms with Crippen molar-refractivity contribution in [3.8, 4) is 0 Å². The molecule has 0 heterocycles. The number of benzene rings is 1. The number of hydrogen-bond donors (Lipinski definition) is 1. The molecule has 2 rings (SSSR count).